The van der Waals surface area contributed by atoms with Gasteiger partial charge < -0.3 is 4.74 Å². The highest BCUT2D eigenvalue weighted by molar-refractivity contribution is 5.89. The summed E-state index contributed by atoms with van der Waals surface area (Å²) in [6, 6.07) is 0. The van der Waals surface area contributed by atoms with Crippen LogP contribution in [0.4, 0.5) is 0 Å². The van der Waals surface area contributed by atoms with Gasteiger partial charge in [-0.1, -0.05) is 19.9 Å². The zero-order chi connectivity index (χ0) is 9.56. The third-order valence-corrected chi connectivity index (χ3v) is 1.54. The molecule has 0 fully saturated rings. The molecule has 3 nitrogen and oxygen atoms in total. The first-order valence-corrected chi connectivity index (χ1v) is 4.20. The number of rotatable bonds is 1. The molecule has 1 heterocycles. The minimum atomic E-state index is -0.204. The summed E-state index contributed by atoms with van der Waals surface area (Å²) in [7, 11) is 3.37. The van der Waals surface area contributed by atoms with Gasteiger partial charge in [-0.25, -0.2) is 4.79 Å². The van der Waals surface area contributed by atoms with Crippen LogP contribution >= 0.6 is 0 Å². The van der Waals surface area contributed by atoms with Crippen molar-refractivity contribution in [3.63, 3.8) is 0 Å². The number of methoxy groups -OCH3 is 1. The number of hydrogen-bond acceptors (Lipinski definition) is 3. The average Bonchev–Trinajstić information content (AvgIpc) is 2.54. The molecule has 0 aromatic rings. The molecule has 1 aliphatic rings. The van der Waals surface area contributed by atoms with Gasteiger partial charge in [-0.3, -0.25) is 4.90 Å². The normalized spacial score (nSPS) is 16.2. The van der Waals surface area contributed by atoms with Crippen LogP contribution in [0, 0.1) is 0 Å². The number of hydrogen-bond donors (Lipinski definition) is 0. The fourth-order valence-corrected chi connectivity index (χ4v) is 0.965. The molecule has 70 valence electrons. The van der Waals surface area contributed by atoms with Crippen molar-refractivity contribution >= 4 is 5.97 Å². The Labute approximate surface area is 74.0 Å². The van der Waals surface area contributed by atoms with Crippen LogP contribution in [0.3, 0.4) is 0 Å². The summed E-state index contributed by atoms with van der Waals surface area (Å²) in [5, 5.41) is 0. The zero-order valence-corrected chi connectivity index (χ0v) is 8.26. The van der Waals surface area contributed by atoms with Crippen molar-refractivity contribution in [2.24, 2.45) is 0 Å². The van der Waals surface area contributed by atoms with E-state index in [0.717, 1.165) is 12.1 Å². The molecule has 0 spiro atoms. The molecule has 0 atom stereocenters. The van der Waals surface area contributed by atoms with Crippen molar-refractivity contribution in [2.45, 2.75) is 13.8 Å². The predicted octanol–water partition coefficient (Wildman–Crippen LogP) is 1.06. The van der Waals surface area contributed by atoms with Crippen LogP contribution in [0.15, 0.2) is 11.6 Å². The number of ether oxygens (including phenoxy) is 1. The first kappa shape index (κ1) is 11.2. The zero-order valence-electron chi connectivity index (χ0n) is 8.26. The molecular formula is C9H17NO2. The van der Waals surface area contributed by atoms with Crippen LogP contribution in [0.25, 0.3) is 0 Å². The van der Waals surface area contributed by atoms with Crippen LogP contribution < -0.4 is 0 Å². The summed E-state index contributed by atoms with van der Waals surface area (Å²) < 4.78 is 4.55. The van der Waals surface area contributed by atoms with Crippen LogP contribution in [0.1, 0.15) is 13.8 Å². The van der Waals surface area contributed by atoms with Gasteiger partial charge in [-0.15, -0.1) is 0 Å². The Morgan fingerprint density at radius 3 is 2.50 bits per heavy atom. The molecule has 0 unspecified atom stereocenters. The summed E-state index contributed by atoms with van der Waals surface area (Å²) in [6.45, 7) is 5.57. The van der Waals surface area contributed by atoms with Gasteiger partial charge in [0.2, 0.25) is 0 Å². The molecule has 0 amide bonds. The predicted molar refractivity (Wildman–Crippen MR) is 48.9 cm³/mol. The summed E-state index contributed by atoms with van der Waals surface area (Å²) >= 11 is 0. The lowest BCUT2D eigenvalue weighted by Gasteiger charge is -2.05. The van der Waals surface area contributed by atoms with Crippen molar-refractivity contribution in [3.05, 3.63) is 11.6 Å². The fraction of sp³-hybridized carbons (Fsp3) is 0.667. The quantitative estimate of drug-likeness (QED) is 0.552. The van der Waals surface area contributed by atoms with Crippen molar-refractivity contribution in [1.82, 2.24) is 4.90 Å². The highest BCUT2D eigenvalue weighted by Gasteiger charge is 2.16. The second kappa shape index (κ2) is 5.77. The van der Waals surface area contributed by atoms with E-state index in [1.54, 1.807) is 0 Å². The van der Waals surface area contributed by atoms with Gasteiger partial charge in [-0.05, 0) is 7.05 Å². The molecule has 0 radical (unpaired) electrons. The first-order chi connectivity index (χ1) is 5.74. The second-order valence-electron chi connectivity index (χ2n) is 2.42. The molecular weight excluding hydrogens is 154 g/mol. The molecule has 0 bridgehead atoms. The minimum Gasteiger partial charge on any atom is -0.466 e. The summed E-state index contributed by atoms with van der Waals surface area (Å²) in [4.78, 5) is 12.9. The van der Waals surface area contributed by atoms with E-state index in [-0.39, 0.29) is 5.97 Å². The monoisotopic (exact) mass is 171 g/mol. The van der Waals surface area contributed by atoms with Crippen molar-refractivity contribution in [1.29, 1.82) is 0 Å². The number of carbonyl (C=O) groups is 1. The molecule has 1 aliphatic heterocycles. The summed E-state index contributed by atoms with van der Waals surface area (Å²) in [5.74, 6) is -0.204. The maximum absolute atomic E-state index is 10.8. The van der Waals surface area contributed by atoms with Crippen molar-refractivity contribution < 1.29 is 9.53 Å². The Balaban J connectivity index is 0.000000561. The van der Waals surface area contributed by atoms with E-state index in [1.165, 1.54) is 7.11 Å². The van der Waals surface area contributed by atoms with Crippen LogP contribution in [-0.2, 0) is 9.53 Å². The molecule has 0 saturated heterocycles. The van der Waals surface area contributed by atoms with Gasteiger partial charge >= 0.3 is 5.97 Å². The highest BCUT2D eigenvalue weighted by atomic mass is 16.5. The van der Waals surface area contributed by atoms with E-state index in [9.17, 15) is 4.79 Å². The SMILES string of the molecule is CC.COC(=O)C1=CCN(C)C1. The van der Waals surface area contributed by atoms with Gasteiger partial charge in [0, 0.05) is 18.7 Å². The van der Waals surface area contributed by atoms with Crippen LogP contribution in [0.5, 0.6) is 0 Å². The molecule has 12 heavy (non-hydrogen) atoms. The second-order valence-corrected chi connectivity index (χ2v) is 2.42. The van der Waals surface area contributed by atoms with Gasteiger partial charge in [0.05, 0.1) is 7.11 Å². The standard InChI is InChI=1S/C7H11NO2.C2H6/c1-8-4-3-6(5-8)7(9)10-2;1-2/h3H,4-5H2,1-2H3;1-2H3. The molecule has 0 saturated carbocycles. The largest absolute Gasteiger partial charge is 0.466 e. The van der Waals surface area contributed by atoms with Gasteiger partial charge in [0.1, 0.15) is 0 Å². The molecule has 0 N–H and O–H groups in total. The maximum atomic E-state index is 10.8. The van der Waals surface area contributed by atoms with E-state index in [2.05, 4.69) is 4.74 Å². The maximum Gasteiger partial charge on any atom is 0.334 e. The van der Waals surface area contributed by atoms with Gasteiger partial charge in [0.25, 0.3) is 0 Å². The lowest BCUT2D eigenvalue weighted by molar-refractivity contribution is -0.136. The Hall–Kier alpha value is -0.830. The third-order valence-electron chi connectivity index (χ3n) is 1.54. The summed E-state index contributed by atoms with van der Waals surface area (Å²) in [5.41, 5.74) is 0.769. The van der Waals surface area contributed by atoms with Gasteiger partial charge in [0.15, 0.2) is 0 Å². The number of esters is 1. The lowest BCUT2D eigenvalue weighted by atomic mass is 10.3. The molecule has 3 heteroatoms. The fourth-order valence-electron chi connectivity index (χ4n) is 0.965. The van der Waals surface area contributed by atoms with Gasteiger partial charge in [-0.2, -0.15) is 0 Å². The number of carbonyl (C=O) groups excluding carboxylic acids is 1. The molecule has 0 aliphatic carbocycles. The Morgan fingerprint density at radius 2 is 2.17 bits per heavy atom. The highest BCUT2D eigenvalue weighted by Crippen LogP contribution is 2.07. The van der Waals surface area contributed by atoms with E-state index >= 15 is 0 Å². The Bertz CT molecular complexity index is 175. The summed E-state index contributed by atoms with van der Waals surface area (Å²) in [6.07, 6.45) is 1.89. The van der Waals surface area contributed by atoms with E-state index in [4.69, 9.17) is 0 Å². The third kappa shape index (κ3) is 3.05. The molecule has 0 aromatic carbocycles. The molecule has 1 rings (SSSR count). The smallest absolute Gasteiger partial charge is 0.334 e. The average molecular weight is 171 g/mol. The minimum absolute atomic E-state index is 0.204. The Morgan fingerprint density at radius 1 is 1.58 bits per heavy atom. The number of likely N-dealkylation sites (N-methyl/N-ethyl adjacent to an activating group) is 1. The van der Waals surface area contributed by atoms with Crippen molar-refractivity contribution in [3.8, 4) is 0 Å². The Kier molecular flexibility index (Phi) is 5.37. The van der Waals surface area contributed by atoms with Crippen LogP contribution in [0.2, 0.25) is 0 Å². The van der Waals surface area contributed by atoms with Crippen LogP contribution in [-0.4, -0.2) is 38.1 Å². The lowest BCUT2D eigenvalue weighted by Crippen LogP contribution is -2.17. The topological polar surface area (TPSA) is 29.5 Å². The van der Waals surface area contributed by atoms with E-state index < -0.39 is 0 Å². The molecule has 0 aromatic heterocycles. The van der Waals surface area contributed by atoms with E-state index in [0.29, 0.717) is 6.54 Å². The van der Waals surface area contributed by atoms with Crippen molar-refractivity contribution in [2.75, 3.05) is 27.2 Å². The first-order valence-electron chi connectivity index (χ1n) is 4.20. The van der Waals surface area contributed by atoms with E-state index in [1.807, 2.05) is 31.9 Å². The number of nitrogens with zero attached hydrogens (tertiary/aromatic N) is 1.